The Morgan fingerprint density at radius 2 is 2.30 bits per heavy atom. The predicted octanol–water partition coefficient (Wildman–Crippen LogP) is 0.779. The number of tetrazole rings is 1. The van der Waals surface area contributed by atoms with Crippen molar-refractivity contribution in [3.8, 4) is 0 Å². The highest BCUT2D eigenvalue weighted by Gasteiger charge is 2.14. The predicted molar refractivity (Wildman–Crippen MR) is 74.0 cm³/mol. The van der Waals surface area contributed by atoms with Crippen LogP contribution in [0.3, 0.4) is 0 Å². The number of amides is 1. The van der Waals surface area contributed by atoms with E-state index in [9.17, 15) is 4.79 Å². The van der Waals surface area contributed by atoms with Gasteiger partial charge >= 0.3 is 0 Å². The first-order valence-electron chi connectivity index (χ1n) is 6.09. The first-order chi connectivity index (χ1) is 9.58. The van der Waals surface area contributed by atoms with Gasteiger partial charge < -0.3 is 5.32 Å². The molecule has 0 saturated carbocycles. The first kappa shape index (κ1) is 14.5. The summed E-state index contributed by atoms with van der Waals surface area (Å²) in [7, 11) is 0. The normalized spacial score (nSPS) is 10.8. The van der Waals surface area contributed by atoms with Gasteiger partial charge in [0.2, 0.25) is 0 Å². The quantitative estimate of drug-likeness (QED) is 0.864. The van der Waals surface area contributed by atoms with Crippen molar-refractivity contribution in [1.29, 1.82) is 0 Å². The molecule has 8 nitrogen and oxygen atoms in total. The molecule has 2 rings (SSSR count). The molecule has 2 heterocycles. The van der Waals surface area contributed by atoms with Crippen LogP contribution in [0.25, 0.3) is 0 Å². The lowest BCUT2D eigenvalue weighted by Crippen LogP contribution is -2.29. The van der Waals surface area contributed by atoms with E-state index in [-0.39, 0.29) is 11.8 Å². The molecule has 0 aliphatic rings. The van der Waals surface area contributed by atoms with Gasteiger partial charge in [0.05, 0.1) is 11.0 Å². The number of carbonyl (C=O) groups excluding carboxylic acids is 1. The Balaban J connectivity index is 1.99. The topological polar surface area (TPSA) is 98.5 Å². The molecular weight excluding hydrogens is 326 g/mol. The summed E-state index contributed by atoms with van der Waals surface area (Å²) >= 11 is 3.29. The lowest BCUT2D eigenvalue weighted by Gasteiger charge is -2.09. The Kier molecular flexibility index (Phi) is 4.72. The Bertz CT molecular complexity index is 584. The monoisotopic (exact) mass is 339 g/mol. The summed E-state index contributed by atoms with van der Waals surface area (Å²) in [5.41, 5.74) is 0.334. The van der Waals surface area contributed by atoms with E-state index in [4.69, 9.17) is 0 Å². The maximum Gasteiger partial charge on any atom is 0.271 e. The standard InChI is InChI=1S/C11H14BrN7O/c1-7(2)10-14-5-8(12)9(16-10)11(20)13-3-4-19-6-15-17-18-19/h5-7H,3-4H2,1-2H3,(H,13,20). The van der Waals surface area contributed by atoms with Crippen LogP contribution < -0.4 is 5.32 Å². The van der Waals surface area contributed by atoms with Gasteiger partial charge in [-0.15, -0.1) is 5.10 Å². The average Bonchev–Trinajstić information content (AvgIpc) is 2.92. The minimum absolute atomic E-state index is 0.163. The van der Waals surface area contributed by atoms with Gasteiger partial charge in [0.25, 0.3) is 5.91 Å². The third-order valence-corrected chi connectivity index (χ3v) is 3.09. The van der Waals surface area contributed by atoms with E-state index in [0.29, 0.717) is 29.1 Å². The molecule has 0 atom stereocenters. The third-order valence-electron chi connectivity index (χ3n) is 2.51. The molecule has 0 aromatic carbocycles. The lowest BCUT2D eigenvalue weighted by molar-refractivity contribution is 0.0945. The van der Waals surface area contributed by atoms with Gasteiger partial charge in [0.15, 0.2) is 0 Å². The third kappa shape index (κ3) is 3.56. The summed E-state index contributed by atoms with van der Waals surface area (Å²) in [6.07, 6.45) is 3.09. The molecular formula is C11H14BrN7O. The fourth-order valence-electron chi connectivity index (χ4n) is 1.47. The SMILES string of the molecule is CC(C)c1ncc(Br)c(C(=O)NCCn2cnnn2)n1. The largest absolute Gasteiger partial charge is 0.349 e. The molecule has 0 bridgehead atoms. The van der Waals surface area contributed by atoms with E-state index in [0.717, 1.165) is 0 Å². The van der Waals surface area contributed by atoms with Crippen molar-refractivity contribution in [2.45, 2.75) is 26.3 Å². The highest BCUT2D eigenvalue weighted by atomic mass is 79.9. The van der Waals surface area contributed by atoms with E-state index in [1.807, 2.05) is 13.8 Å². The van der Waals surface area contributed by atoms with Crippen LogP contribution in [-0.2, 0) is 6.54 Å². The molecule has 1 N–H and O–H groups in total. The van der Waals surface area contributed by atoms with Crippen LogP contribution in [0.1, 0.15) is 36.1 Å². The summed E-state index contributed by atoms with van der Waals surface area (Å²) in [5.74, 6) is 0.545. The molecule has 0 radical (unpaired) electrons. The zero-order valence-electron chi connectivity index (χ0n) is 11.1. The lowest BCUT2D eigenvalue weighted by atomic mass is 10.2. The highest BCUT2D eigenvalue weighted by Crippen LogP contribution is 2.16. The van der Waals surface area contributed by atoms with Crippen LogP contribution in [0.5, 0.6) is 0 Å². The molecule has 0 aliphatic heterocycles. The van der Waals surface area contributed by atoms with Crippen molar-refractivity contribution in [2.75, 3.05) is 6.54 Å². The number of halogens is 1. The van der Waals surface area contributed by atoms with Gasteiger partial charge in [0, 0.05) is 18.7 Å². The summed E-state index contributed by atoms with van der Waals surface area (Å²) < 4.78 is 2.11. The molecule has 0 unspecified atom stereocenters. The van der Waals surface area contributed by atoms with Crippen molar-refractivity contribution in [3.63, 3.8) is 0 Å². The van der Waals surface area contributed by atoms with E-state index < -0.39 is 0 Å². The number of nitrogens with one attached hydrogen (secondary N) is 1. The Morgan fingerprint density at radius 1 is 1.50 bits per heavy atom. The van der Waals surface area contributed by atoms with Gasteiger partial charge in [-0.25, -0.2) is 14.6 Å². The van der Waals surface area contributed by atoms with Crippen molar-refractivity contribution in [2.24, 2.45) is 0 Å². The number of hydrogen-bond donors (Lipinski definition) is 1. The van der Waals surface area contributed by atoms with Crippen LogP contribution in [0.15, 0.2) is 17.0 Å². The zero-order valence-corrected chi connectivity index (χ0v) is 12.7. The summed E-state index contributed by atoms with van der Waals surface area (Å²) in [4.78, 5) is 20.5. The van der Waals surface area contributed by atoms with Gasteiger partial charge in [-0.05, 0) is 26.4 Å². The number of nitrogens with zero attached hydrogens (tertiary/aromatic N) is 6. The fourth-order valence-corrected chi connectivity index (χ4v) is 1.84. The second kappa shape index (κ2) is 6.51. The molecule has 0 spiro atoms. The van der Waals surface area contributed by atoms with Gasteiger partial charge in [-0.2, -0.15) is 0 Å². The fraction of sp³-hybridized carbons (Fsp3) is 0.455. The molecule has 2 aromatic heterocycles. The molecule has 9 heteroatoms. The Labute approximate surface area is 124 Å². The molecule has 106 valence electrons. The summed E-state index contributed by atoms with van der Waals surface area (Å²) in [6.45, 7) is 4.86. The van der Waals surface area contributed by atoms with Crippen LogP contribution >= 0.6 is 15.9 Å². The molecule has 20 heavy (non-hydrogen) atoms. The van der Waals surface area contributed by atoms with Crippen molar-refractivity contribution >= 4 is 21.8 Å². The average molecular weight is 340 g/mol. The highest BCUT2D eigenvalue weighted by molar-refractivity contribution is 9.10. The number of rotatable bonds is 5. The smallest absolute Gasteiger partial charge is 0.271 e. The van der Waals surface area contributed by atoms with Crippen LogP contribution in [0.4, 0.5) is 0 Å². The number of aromatic nitrogens is 6. The minimum Gasteiger partial charge on any atom is -0.349 e. The second-order valence-corrected chi connectivity index (χ2v) is 5.26. The van der Waals surface area contributed by atoms with Gasteiger partial charge in [0.1, 0.15) is 17.8 Å². The van der Waals surface area contributed by atoms with Crippen molar-refractivity contribution in [3.05, 3.63) is 28.5 Å². The van der Waals surface area contributed by atoms with Gasteiger partial charge in [-0.3, -0.25) is 4.79 Å². The van der Waals surface area contributed by atoms with E-state index in [2.05, 4.69) is 46.7 Å². The molecule has 0 saturated heterocycles. The maximum absolute atomic E-state index is 12.1. The first-order valence-corrected chi connectivity index (χ1v) is 6.88. The van der Waals surface area contributed by atoms with E-state index in [1.54, 1.807) is 6.20 Å². The van der Waals surface area contributed by atoms with E-state index >= 15 is 0 Å². The molecule has 2 aromatic rings. The zero-order chi connectivity index (χ0) is 14.5. The van der Waals surface area contributed by atoms with Crippen LogP contribution in [0.2, 0.25) is 0 Å². The number of carbonyl (C=O) groups is 1. The van der Waals surface area contributed by atoms with Crippen LogP contribution in [0, 0.1) is 0 Å². The summed E-state index contributed by atoms with van der Waals surface area (Å²) in [5, 5.41) is 13.5. The molecule has 0 fully saturated rings. The molecule has 0 aliphatic carbocycles. The maximum atomic E-state index is 12.1. The Hall–Kier alpha value is -1.90. The van der Waals surface area contributed by atoms with E-state index in [1.165, 1.54) is 11.0 Å². The van der Waals surface area contributed by atoms with Crippen molar-refractivity contribution < 1.29 is 4.79 Å². The minimum atomic E-state index is -0.255. The Morgan fingerprint density at radius 3 is 2.95 bits per heavy atom. The number of hydrogen-bond acceptors (Lipinski definition) is 6. The molecule has 1 amide bonds. The second-order valence-electron chi connectivity index (χ2n) is 4.41. The summed E-state index contributed by atoms with van der Waals surface area (Å²) in [6, 6.07) is 0. The van der Waals surface area contributed by atoms with Gasteiger partial charge in [-0.1, -0.05) is 13.8 Å². The van der Waals surface area contributed by atoms with Crippen molar-refractivity contribution in [1.82, 2.24) is 35.5 Å². The van der Waals surface area contributed by atoms with Crippen LogP contribution in [-0.4, -0.2) is 42.6 Å².